The van der Waals surface area contributed by atoms with E-state index in [1.165, 1.54) is 10.9 Å². The van der Waals surface area contributed by atoms with Crippen molar-refractivity contribution in [3.8, 4) is 6.07 Å². The van der Waals surface area contributed by atoms with Crippen molar-refractivity contribution >= 4 is 24.6 Å². The molecule has 2 aromatic heterocycles. The summed E-state index contributed by atoms with van der Waals surface area (Å²) in [5.74, 6) is -4.32. The van der Waals surface area contributed by atoms with E-state index in [9.17, 15) is 36.8 Å². The van der Waals surface area contributed by atoms with Gasteiger partial charge in [0.2, 0.25) is 11.8 Å². The number of imidazole rings is 1. The van der Waals surface area contributed by atoms with Crippen LogP contribution in [-0.4, -0.2) is 56.6 Å². The van der Waals surface area contributed by atoms with E-state index >= 15 is 0 Å². The van der Waals surface area contributed by atoms with Crippen molar-refractivity contribution in [2.45, 2.75) is 108 Å². The number of carbonyl (C=O) groups is 2. The molecule has 252 valence electrons. The average Bonchev–Trinajstić information content (AvgIpc) is 3.97. The summed E-state index contributed by atoms with van der Waals surface area (Å²) >= 11 is 0. The number of rotatable bonds is 12. The second-order valence-electron chi connectivity index (χ2n) is 13.5. The molecule has 2 amide bonds. The molecular weight excluding hydrogens is 627 g/mol. The third-order valence-corrected chi connectivity index (χ3v) is 10.1. The highest BCUT2D eigenvalue weighted by Crippen LogP contribution is 2.60. The van der Waals surface area contributed by atoms with Gasteiger partial charge in [-0.15, -0.1) is 0 Å². The van der Waals surface area contributed by atoms with Crippen molar-refractivity contribution < 1.29 is 36.2 Å². The zero-order chi connectivity index (χ0) is 33.8. The smallest absolute Gasteiger partial charge is 0.348 e. The molecule has 4 aliphatic carbocycles. The van der Waals surface area contributed by atoms with Gasteiger partial charge in [-0.3, -0.25) is 9.59 Å². The SMILES string of the molecule is C=Nn1cc([C@@H](NC(=O)c2nonc2C2CC2)C2CCC(F)(F)CC2)nc1/C=C(\C)[C@@H](NC(=O)CC1(C(F)(F)F)CC1)C1(C#N)CC1. The Labute approximate surface area is 267 Å². The molecule has 0 aliphatic heterocycles. The quantitative estimate of drug-likeness (QED) is 0.214. The van der Waals surface area contributed by atoms with Crippen molar-refractivity contribution in [1.29, 1.82) is 5.26 Å². The molecular formula is C31H35F5N8O3. The van der Waals surface area contributed by atoms with Gasteiger partial charge in [0.1, 0.15) is 5.69 Å². The third-order valence-electron chi connectivity index (χ3n) is 10.1. The number of aromatic nitrogens is 4. The van der Waals surface area contributed by atoms with Crippen LogP contribution in [0.3, 0.4) is 0 Å². The summed E-state index contributed by atoms with van der Waals surface area (Å²) in [6.07, 6.45) is -0.309. The first-order valence-electron chi connectivity index (χ1n) is 15.7. The largest absolute Gasteiger partial charge is 0.395 e. The number of alkyl halides is 5. The second-order valence-corrected chi connectivity index (χ2v) is 13.5. The molecule has 16 heteroatoms. The van der Waals surface area contributed by atoms with Gasteiger partial charge in [0.25, 0.3) is 5.91 Å². The monoisotopic (exact) mass is 662 g/mol. The lowest BCUT2D eigenvalue weighted by atomic mass is 9.81. The van der Waals surface area contributed by atoms with E-state index in [1.807, 2.05) is 0 Å². The Morgan fingerprint density at radius 3 is 2.38 bits per heavy atom. The molecule has 0 aromatic carbocycles. The van der Waals surface area contributed by atoms with Gasteiger partial charge in [0.15, 0.2) is 11.5 Å². The van der Waals surface area contributed by atoms with Gasteiger partial charge < -0.3 is 10.6 Å². The van der Waals surface area contributed by atoms with Crippen LogP contribution in [0.25, 0.3) is 6.08 Å². The minimum absolute atomic E-state index is 0.0270. The second kappa shape index (κ2) is 11.8. The normalized spacial score (nSPS) is 22.9. The molecule has 0 spiro atoms. The summed E-state index contributed by atoms with van der Waals surface area (Å²) in [6, 6.07) is 0.509. The summed E-state index contributed by atoms with van der Waals surface area (Å²) in [5.41, 5.74) is -1.79. The fourth-order valence-corrected chi connectivity index (χ4v) is 6.59. The van der Waals surface area contributed by atoms with Crippen LogP contribution in [0.15, 0.2) is 21.5 Å². The maximum atomic E-state index is 14.1. The topological polar surface area (TPSA) is 151 Å². The molecule has 2 atom stereocenters. The van der Waals surface area contributed by atoms with E-state index in [-0.39, 0.29) is 56.0 Å². The number of nitrogens with zero attached hydrogens (tertiary/aromatic N) is 6. The van der Waals surface area contributed by atoms with E-state index < -0.39 is 59.2 Å². The van der Waals surface area contributed by atoms with Crippen LogP contribution in [0.4, 0.5) is 22.0 Å². The summed E-state index contributed by atoms with van der Waals surface area (Å²) in [5, 5.41) is 27.2. The lowest BCUT2D eigenvalue weighted by Gasteiger charge is -2.33. The van der Waals surface area contributed by atoms with Gasteiger partial charge >= 0.3 is 6.18 Å². The van der Waals surface area contributed by atoms with E-state index in [4.69, 9.17) is 4.63 Å². The predicted octanol–water partition coefficient (Wildman–Crippen LogP) is 5.83. The molecule has 6 rings (SSSR count). The number of amides is 2. The number of hydrogen-bond acceptors (Lipinski definition) is 8. The van der Waals surface area contributed by atoms with Gasteiger partial charge in [-0.05, 0) is 81.0 Å². The number of carbonyl (C=O) groups excluding carboxylic acids is 2. The Morgan fingerprint density at radius 2 is 1.83 bits per heavy atom. The zero-order valence-corrected chi connectivity index (χ0v) is 25.7. The van der Waals surface area contributed by atoms with Gasteiger partial charge in [-0.1, -0.05) is 5.16 Å². The van der Waals surface area contributed by atoms with Crippen LogP contribution in [-0.2, 0) is 4.79 Å². The minimum Gasteiger partial charge on any atom is -0.348 e. The summed E-state index contributed by atoms with van der Waals surface area (Å²) < 4.78 is 75.0. The molecule has 2 heterocycles. The van der Waals surface area contributed by atoms with Gasteiger partial charge in [-0.2, -0.15) is 23.5 Å². The standard InChI is InChI=1S/C31H35F5N8O3/c1-17(26(28(16-37)9-10-28)40-22(45)14-29(11-12-29)31(34,35)36)13-21-39-20(15-44(21)38-2)23(19-5-7-30(32,33)8-6-19)41-27(46)25-24(18-3-4-18)42-47-43-25/h13,15,18-19,23,26H,2-12,14H2,1H3,(H,40,45)(H,41,46)/b17-13+/t23-,26+/m0/s1. The highest BCUT2D eigenvalue weighted by Gasteiger charge is 2.64. The molecule has 4 saturated carbocycles. The van der Waals surface area contributed by atoms with Crippen molar-refractivity contribution in [2.75, 3.05) is 0 Å². The fraction of sp³-hybridized carbons (Fsp3) is 0.645. The van der Waals surface area contributed by atoms with Crippen molar-refractivity contribution in [2.24, 2.45) is 21.8 Å². The molecule has 47 heavy (non-hydrogen) atoms. The van der Waals surface area contributed by atoms with E-state index in [0.717, 1.165) is 12.8 Å². The molecule has 11 nitrogen and oxygen atoms in total. The van der Waals surface area contributed by atoms with Crippen molar-refractivity contribution in [1.82, 2.24) is 30.6 Å². The molecule has 0 bridgehead atoms. The fourth-order valence-electron chi connectivity index (χ4n) is 6.59. The maximum Gasteiger partial charge on any atom is 0.395 e. The van der Waals surface area contributed by atoms with E-state index in [0.29, 0.717) is 29.8 Å². The van der Waals surface area contributed by atoms with E-state index in [2.05, 4.69) is 43.8 Å². The highest BCUT2D eigenvalue weighted by molar-refractivity contribution is 5.93. The Balaban J connectivity index is 1.28. The van der Waals surface area contributed by atoms with Crippen LogP contribution < -0.4 is 10.6 Å². The highest BCUT2D eigenvalue weighted by atomic mass is 19.4. The van der Waals surface area contributed by atoms with Crippen LogP contribution in [0.2, 0.25) is 0 Å². The van der Waals surface area contributed by atoms with Crippen molar-refractivity contribution in [3.63, 3.8) is 0 Å². The Bertz CT molecular complexity index is 1620. The Hall–Kier alpha value is -4.16. The number of halogens is 5. The number of nitriles is 1. The Kier molecular flexibility index (Phi) is 8.24. The zero-order valence-electron chi connectivity index (χ0n) is 25.7. The van der Waals surface area contributed by atoms with E-state index in [1.54, 1.807) is 13.0 Å². The first-order chi connectivity index (χ1) is 22.2. The predicted molar refractivity (Wildman–Crippen MR) is 156 cm³/mol. The van der Waals surface area contributed by atoms with Crippen LogP contribution >= 0.6 is 0 Å². The molecule has 2 aromatic rings. The van der Waals surface area contributed by atoms with Gasteiger partial charge in [0.05, 0.1) is 40.9 Å². The Morgan fingerprint density at radius 1 is 1.15 bits per heavy atom. The third kappa shape index (κ3) is 6.66. The van der Waals surface area contributed by atoms with Crippen LogP contribution in [0.5, 0.6) is 0 Å². The summed E-state index contributed by atoms with van der Waals surface area (Å²) in [7, 11) is 0. The van der Waals surface area contributed by atoms with Gasteiger partial charge in [-0.25, -0.2) is 23.1 Å². The number of hydrogen-bond donors (Lipinski definition) is 2. The first-order valence-corrected chi connectivity index (χ1v) is 15.7. The molecule has 4 fully saturated rings. The summed E-state index contributed by atoms with van der Waals surface area (Å²) in [6.45, 7) is 5.22. The van der Waals surface area contributed by atoms with Crippen LogP contribution in [0, 0.1) is 28.1 Å². The molecule has 0 unspecified atom stereocenters. The summed E-state index contributed by atoms with van der Waals surface area (Å²) in [4.78, 5) is 31.0. The lowest BCUT2D eigenvalue weighted by Crippen LogP contribution is -2.44. The maximum absolute atomic E-state index is 14.1. The first kappa shape index (κ1) is 32.8. The lowest BCUT2D eigenvalue weighted by molar-refractivity contribution is -0.190. The molecule has 0 saturated heterocycles. The number of nitrogens with one attached hydrogen (secondary N) is 2. The minimum atomic E-state index is -4.50. The van der Waals surface area contributed by atoms with Gasteiger partial charge in [0, 0.05) is 31.9 Å². The molecule has 0 radical (unpaired) electrons. The van der Waals surface area contributed by atoms with Crippen LogP contribution in [0.1, 0.15) is 117 Å². The molecule has 4 aliphatic rings. The van der Waals surface area contributed by atoms with Crippen molar-refractivity contribution in [3.05, 3.63) is 34.7 Å². The average molecular weight is 663 g/mol. The molecule has 2 N–H and O–H groups in total.